The lowest BCUT2D eigenvalue weighted by Gasteiger charge is -2.20. The maximum atomic E-state index is 6.21. The topological polar surface area (TPSA) is 85.8 Å². The SMILES string of the molecule is CCc1cc(OCc2ccc(-c3ccccc3-c3nn[nH]n3)cc2)c2c(n1)CCOC2. The number of fused-ring (bicyclic) bond motifs is 1. The number of nitrogens with one attached hydrogen (secondary N) is 1. The number of ether oxygens (including phenoxy) is 2. The maximum absolute atomic E-state index is 6.21. The molecule has 0 radical (unpaired) electrons. The molecule has 2 aromatic carbocycles. The van der Waals surface area contributed by atoms with Gasteiger partial charge in [0.1, 0.15) is 12.4 Å². The fourth-order valence-electron chi connectivity index (χ4n) is 3.82. The van der Waals surface area contributed by atoms with E-state index in [1.165, 1.54) is 0 Å². The zero-order chi connectivity index (χ0) is 21.0. The normalized spacial score (nSPS) is 13.1. The molecule has 1 N–H and O–H groups in total. The highest BCUT2D eigenvalue weighted by Crippen LogP contribution is 2.31. The first kappa shape index (κ1) is 19.4. The van der Waals surface area contributed by atoms with E-state index < -0.39 is 0 Å². The largest absolute Gasteiger partial charge is 0.488 e. The molecule has 0 unspecified atom stereocenters. The highest BCUT2D eigenvalue weighted by atomic mass is 16.5. The average molecular weight is 413 g/mol. The quantitative estimate of drug-likeness (QED) is 0.511. The van der Waals surface area contributed by atoms with E-state index in [0.717, 1.165) is 64.4 Å². The van der Waals surface area contributed by atoms with Crippen LogP contribution in [0.25, 0.3) is 22.5 Å². The average Bonchev–Trinajstić information content (AvgIpc) is 3.37. The number of tetrazole rings is 1. The Morgan fingerprint density at radius 3 is 2.68 bits per heavy atom. The molecule has 7 nitrogen and oxygen atoms in total. The lowest BCUT2D eigenvalue weighted by molar-refractivity contribution is 0.105. The van der Waals surface area contributed by atoms with Gasteiger partial charge in [-0.05, 0) is 28.3 Å². The zero-order valence-electron chi connectivity index (χ0n) is 17.3. The van der Waals surface area contributed by atoms with Crippen molar-refractivity contribution in [2.24, 2.45) is 0 Å². The number of aromatic amines is 1. The molecular weight excluding hydrogens is 390 g/mol. The van der Waals surface area contributed by atoms with Crippen molar-refractivity contribution in [3.05, 3.63) is 77.1 Å². The second-order valence-electron chi connectivity index (χ2n) is 7.46. The lowest BCUT2D eigenvalue weighted by Crippen LogP contribution is -2.15. The van der Waals surface area contributed by atoms with Crippen LogP contribution in [0.4, 0.5) is 0 Å². The highest BCUT2D eigenvalue weighted by Gasteiger charge is 2.18. The summed E-state index contributed by atoms with van der Waals surface area (Å²) in [5, 5.41) is 14.4. The van der Waals surface area contributed by atoms with E-state index in [4.69, 9.17) is 14.5 Å². The van der Waals surface area contributed by atoms with Crippen molar-refractivity contribution in [3.8, 4) is 28.3 Å². The van der Waals surface area contributed by atoms with Crippen LogP contribution in [0.5, 0.6) is 5.75 Å². The van der Waals surface area contributed by atoms with E-state index in [9.17, 15) is 0 Å². The summed E-state index contributed by atoms with van der Waals surface area (Å²) in [6.45, 7) is 3.89. The van der Waals surface area contributed by atoms with Crippen LogP contribution in [0.2, 0.25) is 0 Å². The number of rotatable bonds is 6. The van der Waals surface area contributed by atoms with Crippen LogP contribution in [0, 0.1) is 0 Å². The third-order valence-corrected chi connectivity index (χ3v) is 5.49. The third-order valence-electron chi connectivity index (χ3n) is 5.49. The molecule has 0 fully saturated rings. The molecule has 0 spiro atoms. The van der Waals surface area contributed by atoms with Gasteiger partial charge >= 0.3 is 0 Å². The maximum Gasteiger partial charge on any atom is 0.205 e. The highest BCUT2D eigenvalue weighted by molar-refractivity contribution is 5.80. The summed E-state index contributed by atoms with van der Waals surface area (Å²) in [6, 6.07) is 18.5. The predicted octanol–water partition coefficient (Wildman–Crippen LogP) is 4.14. The Bertz CT molecular complexity index is 1170. The van der Waals surface area contributed by atoms with Gasteiger partial charge in [0, 0.05) is 29.3 Å². The summed E-state index contributed by atoms with van der Waals surface area (Å²) >= 11 is 0. The van der Waals surface area contributed by atoms with Gasteiger partial charge in [-0.15, -0.1) is 10.2 Å². The lowest BCUT2D eigenvalue weighted by atomic mass is 9.98. The van der Waals surface area contributed by atoms with Crippen LogP contribution in [-0.2, 0) is 30.8 Å². The molecule has 31 heavy (non-hydrogen) atoms. The van der Waals surface area contributed by atoms with Crippen molar-refractivity contribution in [1.29, 1.82) is 0 Å². The molecule has 3 heterocycles. The molecule has 1 aliphatic heterocycles. The van der Waals surface area contributed by atoms with E-state index in [-0.39, 0.29) is 0 Å². The molecular formula is C24H23N5O2. The molecule has 0 aliphatic carbocycles. The van der Waals surface area contributed by atoms with Crippen molar-refractivity contribution in [1.82, 2.24) is 25.6 Å². The number of benzene rings is 2. The van der Waals surface area contributed by atoms with Crippen molar-refractivity contribution in [2.75, 3.05) is 6.61 Å². The number of aryl methyl sites for hydroxylation is 1. The van der Waals surface area contributed by atoms with E-state index in [1.807, 2.05) is 24.3 Å². The third kappa shape index (κ3) is 4.04. The molecule has 5 rings (SSSR count). The molecule has 0 atom stereocenters. The van der Waals surface area contributed by atoms with Gasteiger partial charge in [-0.1, -0.05) is 55.5 Å². The first-order valence-electron chi connectivity index (χ1n) is 10.5. The van der Waals surface area contributed by atoms with E-state index in [2.05, 4.69) is 57.9 Å². The fraction of sp³-hybridized carbons (Fsp3) is 0.250. The van der Waals surface area contributed by atoms with Gasteiger partial charge in [-0.2, -0.15) is 5.21 Å². The summed E-state index contributed by atoms with van der Waals surface area (Å²) in [5.41, 5.74) is 7.43. The first-order chi connectivity index (χ1) is 15.3. The molecule has 0 bridgehead atoms. The van der Waals surface area contributed by atoms with E-state index >= 15 is 0 Å². The number of aromatic nitrogens is 5. The van der Waals surface area contributed by atoms with Crippen LogP contribution < -0.4 is 4.74 Å². The summed E-state index contributed by atoms with van der Waals surface area (Å²) in [5.74, 6) is 1.47. The Morgan fingerprint density at radius 1 is 1.06 bits per heavy atom. The van der Waals surface area contributed by atoms with Gasteiger partial charge in [-0.3, -0.25) is 4.98 Å². The number of H-pyrrole nitrogens is 1. The Hall–Kier alpha value is -3.58. The second kappa shape index (κ2) is 8.65. The van der Waals surface area contributed by atoms with E-state index in [0.29, 0.717) is 19.0 Å². The van der Waals surface area contributed by atoms with Crippen molar-refractivity contribution in [2.45, 2.75) is 33.0 Å². The molecule has 0 saturated carbocycles. The van der Waals surface area contributed by atoms with Crippen molar-refractivity contribution in [3.63, 3.8) is 0 Å². The summed E-state index contributed by atoms with van der Waals surface area (Å²) in [4.78, 5) is 4.75. The minimum Gasteiger partial charge on any atom is -0.488 e. The summed E-state index contributed by atoms with van der Waals surface area (Å²) in [6.07, 6.45) is 1.73. The van der Waals surface area contributed by atoms with Crippen LogP contribution in [-0.4, -0.2) is 32.2 Å². The number of pyridine rings is 1. The monoisotopic (exact) mass is 413 g/mol. The van der Waals surface area contributed by atoms with Gasteiger partial charge in [0.15, 0.2) is 0 Å². The Balaban J connectivity index is 1.36. The molecule has 2 aromatic heterocycles. The molecule has 4 aromatic rings. The van der Waals surface area contributed by atoms with Crippen molar-refractivity contribution < 1.29 is 9.47 Å². The minimum absolute atomic E-state index is 0.492. The number of hydrogen-bond donors (Lipinski definition) is 1. The van der Waals surface area contributed by atoms with Gasteiger partial charge in [0.2, 0.25) is 5.82 Å². The van der Waals surface area contributed by atoms with Gasteiger partial charge < -0.3 is 9.47 Å². The molecule has 0 saturated heterocycles. The predicted molar refractivity (Wildman–Crippen MR) is 116 cm³/mol. The second-order valence-corrected chi connectivity index (χ2v) is 7.46. The first-order valence-corrected chi connectivity index (χ1v) is 10.5. The summed E-state index contributed by atoms with van der Waals surface area (Å²) < 4.78 is 11.8. The smallest absolute Gasteiger partial charge is 0.205 e. The van der Waals surface area contributed by atoms with Crippen molar-refractivity contribution >= 4 is 0 Å². The Morgan fingerprint density at radius 2 is 1.90 bits per heavy atom. The zero-order valence-corrected chi connectivity index (χ0v) is 17.3. The molecule has 0 amide bonds. The van der Waals surface area contributed by atoms with Crippen LogP contribution >= 0.6 is 0 Å². The fourth-order valence-corrected chi connectivity index (χ4v) is 3.82. The number of nitrogens with zero attached hydrogens (tertiary/aromatic N) is 4. The Labute approximate surface area is 180 Å². The van der Waals surface area contributed by atoms with Gasteiger partial charge in [0.05, 0.1) is 18.9 Å². The molecule has 7 heteroatoms. The molecule has 156 valence electrons. The van der Waals surface area contributed by atoms with E-state index in [1.54, 1.807) is 0 Å². The summed E-state index contributed by atoms with van der Waals surface area (Å²) in [7, 11) is 0. The van der Waals surface area contributed by atoms with Gasteiger partial charge in [0.25, 0.3) is 0 Å². The van der Waals surface area contributed by atoms with Crippen LogP contribution in [0.15, 0.2) is 54.6 Å². The molecule has 1 aliphatic rings. The standard InChI is InChI=1S/C24H23N5O2/c1-2-18-13-23(21-15-30-12-11-22(21)25-18)31-14-16-7-9-17(10-8-16)19-5-3-4-6-20(19)24-26-28-29-27-24/h3-10,13H,2,11-12,14-15H2,1H3,(H,26,27,28,29). The minimum atomic E-state index is 0.492. The van der Waals surface area contributed by atoms with Crippen LogP contribution in [0.1, 0.15) is 29.4 Å². The van der Waals surface area contributed by atoms with Crippen LogP contribution in [0.3, 0.4) is 0 Å². The Kier molecular flexibility index (Phi) is 5.41. The number of hydrogen-bond acceptors (Lipinski definition) is 6. The van der Waals surface area contributed by atoms with Gasteiger partial charge in [-0.25, -0.2) is 0 Å².